The van der Waals surface area contributed by atoms with Gasteiger partial charge in [0.1, 0.15) is 17.9 Å². The van der Waals surface area contributed by atoms with Gasteiger partial charge in [-0.15, -0.1) is 5.10 Å². The maximum Gasteiger partial charge on any atom is 0.258 e. The Morgan fingerprint density at radius 3 is 2.65 bits per heavy atom. The number of hydrogen-bond donors (Lipinski definition) is 0. The standard InChI is InChI=1S/C18H18FN3O/c1-4-9-22-13(3)12(2)16-10-20-21-18(17(16)22)23-11-14-5-7-15(19)8-6-14/h4-10H,11H2,1-3H3. The second kappa shape index (κ2) is 6.20. The van der Waals surface area contributed by atoms with E-state index < -0.39 is 0 Å². The molecular weight excluding hydrogens is 293 g/mol. The smallest absolute Gasteiger partial charge is 0.258 e. The average Bonchev–Trinajstić information content (AvgIpc) is 2.80. The summed E-state index contributed by atoms with van der Waals surface area (Å²) in [5.41, 5.74) is 4.05. The fraction of sp³-hybridized carbons (Fsp3) is 0.222. The predicted octanol–water partition coefficient (Wildman–Crippen LogP) is 4.26. The Hall–Kier alpha value is -2.69. The first-order chi connectivity index (χ1) is 11.1. The Morgan fingerprint density at radius 2 is 1.96 bits per heavy atom. The molecule has 2 aromatic heterocycles. The van der Waals surface area contributed by atoms with Crippen LogP contribution in [0.15, 0.2) is 36.5 Å². The molecule has 0 unspecified atom stereocenters. The quantitative estimate of drug-likeness (QED) is 0.723. The van der Waals surface area contributed by atoms with Crippen molar-refractivity contribution in [1.29, 1.82) is 0 Å². The van der Waals surface area contributed by atoms with Gasteiger partial charge in [-0.05, 0) is 44.0 Å². The van der Waals surface area contributed by atoms with Crippen molar-refractivity contribution < 1.29 is 9.13 Å². The lowest BCUT2D eigenvalue weighted by atomic mass is 10.2. The molecule has 0 aliphatic heterocycles. The van der Waals surface area contributed by atoms with E-state index in [1.54, 1.807) is 18.3 Å². The largest absolute Gasteiger partial charge is 0.470 e. The molecule has 0 bridgehead atoms. The summed E-state index contributed by atoms with van der Waals surface area (Å²) < 4.78 is 20.9. The molecule has 0 spiro atoms. The van der Waals surface area contributed by atoms with Gasteiger partial charge in [-0.1, -0.05) is 18.2 Å². The van der Waals surface area contributed by atoms with Crippen LogP contribution in [0.5, 0.6) is 5.88 Å². The maximum absolute atomic E-state index is 13.0. The first-order valence-corrected chi connectivity index (χ1v) is 7.44. The molecule has 0 aliphatic carbocycles. The first kappa shape index (κ1) is 15.2. The Kier molecular flexibility index (Phi) is 4.10. The number of benzene rings is 1. The highest BCUT2D eigenvalue weighted by Crippen LogP contribution is 2.30. The van der Waals surface area contributed by atoms with E-state index >= 15 is 0 Å². The minimum absolute atomic E-state index is 0.260. The SMILES string of the molecule is CC=Cn1c(C)c(C)c2cnnc(OCc3ccc(F)cc3)c21. The summed E-state index contributed by atoms with van der Waals surface area (Å²) in [5.74, 6) is 0.213. The highest BCUT2D eigenvalue weighted by Gasteiger charge is 2.15. The highest BCUT2D eigenvalue weighted by atomic mass is 19.1. The topological polar surface area (TPSA) is 39.9 Å². The number of hydrogen-bond acceptors (Lipinski definition) is 3. The number of fused-ring (bicyclic) bond motifs is 1. The molecule has 0 radical (unpaired) electrons. The highest BCUT2D eigenvalue weighted by molar-refractivity contribution is 5.89. The van der Waals surface area contributed by atoms with Gasteiger partial charge in [0.05, 0.1) is 6.20 Å². The van der Waals surface area contributed by atoms with Crippen LogP contribution in [-0.2, 0) is 6.61 Å². The number of nitrogens with zero attached hydrogens (tertiary/aromatic N) is 3. The minimum atomic E-state index is -0.260. The molecule has 0 saturated heterocycles. The van der Waals surface area contributed by atoms with Crippen LogP contribution in [0.3, 0.4) is 0 Å². The molecule has 5 heteroatoms. The van der Waals surface area contributed by atoms with Crippen molar-refractivity contribution in [1.82, 2.24) is 14.8 Å². The summed E-state index contributed by atoms with van der Waals surface area (Å²) >= 11 is 0. The van der Waals surface area contributed by atoms with Gasteiger partial charge < -0.3 is 9.30 Å². The lowest BCUT2D eigenvalue weighted by molar-refractivity contribution is 0.293. The van der Waals surface area contributed by atoms with Gasteiger partial charge in [0.15, 0.2) is 0 Å². The van der Waals surface area contributed by atoms with Gasteiger partial charge in [0.2, 0.25) is 0 Å². The summed E-state index contributed by atoms with van der Waals surface area (Å²) in [4.78, 5) is 0. The minimum Gasteiger partial charge on any atom is -0.470 e. The van der Waals surface area contributed by atoms with E-state index in [2.05, 4.69) is 28.6 Å². The second-order valence-corrected chi connectivity index (χ2v) is 5.39. The monoisotopic (exact) mass is 311 g/mol. The molecule has 0 saturated carbocycles. The van der Waals surface area contributed by atoms with E-state index in [-0.39, 0.29) is 5.82 Å². The average molecular weight is 311 g/mol. The van der Waals surface area contributed by atoms with Crippen LogP contribution in [0.2, 0.25) is 0 Å². The van der Waals surface area contributed by atoms with E-state index in [1.807, 2.05) is 19.2 Å². The molecule has 0 amide bonds. The van der Waals surface area contributed by atoms with E-state index in [0.717, 1.165) is 27.7 Å². The third-order valence-corrected chi connectivity index (χ3v) is 3.93. The predicted molar refractivity (Wildman–Crippen MR) is 88.7 cm³/mol. The molecule has 0 aliphatic rings. The van der Waals surface area contributed by atoms with Crippen LogP contribution in [0, 0.1) is 19.7 Å². The zero-order valence-corrected chi connectivity index (χ0v) is 13.4. The van der Waals surface area contributed by atoms with Crippen molar-refractivity contribution in [3.05, 3.63) is 59.2 Å². The molecule has 23 heavy (non-hydrogen) atoms. The molecule has 0 N–H and O–H groups in total. The molecule has 0 atom stereocenters. The van der Waals surface area contributed by atoms with Crippen molar-refractivity contribution in [2.24, 2.45) is 0 Å². The number of halogens is 1. The number of aromatic nitrogens is 3. The van der Waals surface area contributed by atoms with Crippen LogP contribution < -0.4 is 4.74 Å². The van der Waals surface area contributed by atoms with Crippen molar-refractivity contribution in [3.63, 3.8) is 0 Å². The fourth-order valence-corrected chi connectivity index (χ4v) is 2.58. The van der Waals surface area contributed by atoms with E-state index in [0.29, 0.717) is 12.5 Å². The second-order valence-electron chi connectivity index (χ2n) is 5.39. The number of allylic oxidation sites excluding steroid dienone is 1. The molecule has 3 aromatic rings. The summed E-state index contributed by atoms with van der Waals surface area (Å²) in [6.07, 6.45) is 5.70. The molecule has 0 fully saturated rings. The van der Waals surface area contributed by atoms with Crippen LogP contribution in [0.25, 0.3) is 17.1 Å². The molecule has 3 rings (SSSR count). The summed E-state index contributed by atoms with van der Waals surface area (Å²) in [6, 6.07) is 6.23. The van der Waals surface area contributed by atoms with Gasteiger partial charge in [0.25, 0.3) is 5.88 Å². The van der Waals surface area contributed by atoms with E-state index in [1.165, 1.54) is 12.1 Å². The van der Waals surface area contributed by atoms with Crippen LogP contribution in [0.4, 0.5) is 4.39 Å². The van der Waals surface area contributed by atoms with Gasteiger partial charge in [0, 0.05) is 17.3 Å². The Morgan fingerprint density at radius 1 is 1.22 bits per heavy atom. The van der Waals surface area contributed by atoms with Crippen LogP contribution in [-0.4, -0.2) is 14.8 Å². The van der Waals surface area contributed by atoms with Gasteiger partial charge in [-0.2, -0.15) is 5.10 Å². The lowest BCUT2D eigenvalue weighted by Crippen LogP contribution is -2.01. The van der Waals surface area contributed by atoms with Gasteiger partial charge in [-0.3, -0.25) is 0 Å². The van der Waals surface area contributed by atoms with Gasteiger partial charge in [-0.25, -0.2) is 4.39 Å². The maximum atomic E-state index is 13.0. The Bertz CT molecular complexity index is 866. The third kappa shape index (κ3) is 2.82. The summed E-state index contributed by atoms with van der Waals surface area (Å²) in [7, 11) is 0. The van der Waals surface area contributed by atoms with Crippen molar-refractivity contribution in [3.8, 4) is 5.88 Å². The summed E-state index contributed by atoms with van der Waals surface area (Å²) in [5, 5.41) is 9.20. The van der Waals surface area contributed by atoms with E-state index in [4.69, 9.17) is 4.74 Å². The number of rotatable bonds is 4. The zero-order valence-electron chi connectivity index (χ0n) is 13.4. The normalized spacial score (nSPS) is 11.5. The molecule has 2 heterocycles. The van der Waals surface area contributed by atoms with Crippen LogP contribution in [0.1, 0.15) is 23.7 Å². The molecule has 1 aromatic carbocycles. The number of aryl methyl sites for hydroxylation is 1. The molecule has 118 valence electrons. The van der Waals surface area contributed by atoms with Gasteiger partial charge >= 0.3 is 0 Å². The van der Waals surface area contributed by atoms with E-state index in [9.17, 15) is 4.39 Å². The Balaban J connectivity index is 2.00. The van der Waals surface area contributed by atoms with Crippen molar-refractivity contribution in [2.75, 3.05) is 0 Å². The summed E-state index contributed by atoms with van der Waals surface area (Å²) in [6.45, 7) is 6.39. The fourth-order valence-electron chi connectivity index (χ4n) is 2.58. The third-order valence-electron chi connectivity index (χ3n) is 3.93. The zero-order chi connectivity index (χ0) is 16.4. The Labute approximate surface area is 134 Å². The van der Waals surface area contributed by atoms with Crippen molar-refractivity contribution >= 4 is 17.1 Å². The lowest BCUT2D eigenvalue weighted by Gasteiger charge is -2.08. The van der Waals surface area contributed by atoms with Crippen LogP contribution >= 0.6 is 0 Å². The molecule has 4 nitrogen and oxygen atoms in total. The number of ether oxygens (including phenoxy) is 1. The first-order valence-electron chi connectivity index (χ1n) is 7.44. The molecular formula is C18H18FN3O. The van der Waals surface area contributed by atoms with Crippen molar-refractivity contribution in [2.45, 2.75) is 27.4 Å².